The molecule has 0 aromatic rings. The number of amides is 2. The first-order chi connectivity index (χ1) is 9.15. The summed E-state index contributed by atoms with van der Waals surface area (Å²) in [5, 5.41) is 0. The third kappa shape index (κ3) is 4.02. The minimum atomic E-state index is -1.97. The van der Waals surface area contributed by atoms with Crippen molar-refractivity contribution >= 4 is 11.8 Å². The summed E-state index contributed by atoms with van der Waals surface area (Å²) in [6.45, 7) is 4.96. The molecule has 4 nitrogen and oxygen atoms in total. The molecule has 1 rings (SSSR count). The van der Waals surface area contributed by atoms with Gasteiger partial charge < -0.3 is 9.80 Å². The molecule has 0 aromatic carbocycles. The van der Waals surface area contributed by atoms with E-state index in [4.69, 9.17) is 0 Å². The zero-order valence-electron chi connectivity index (χ0n) is 12.3. The Morgan fingerprint density at radius 3 is 2.55 bits per heavy atom. The van der Waals surface area contributed by atoms with Gasteiger partial charge in [-0.3, -0.25) is 9.59 Å². The Morgan fingerprint density at radius 1 is 1.45 bits per heavy atom. The molecule has 0 bridgehead atoms. The van der Waals surface area contributed by atoms with E-state index < -0.39 is 23.3 Å². The van der Waals surface area contributed by atoms with Gasteiger partial charge in [0.25, 0.3) is 11.8 Å². The van der Waals surface area contributed by atoms with Crippen molar-refractivity contribution in [2.45, 2.75) is 31.9 Å². The Kier molecular flexibility index (Phi) is 5.25. The van der Waals surface area contributed by atoms with Crippen LogP contribution in [0.4, 0.5) is 8.78 Å². The SMILES string of the molecule is C=C(F)C(=O)N1CCCC(CC(C)(F)C(=O)N(C)C)C1. The van der Waals surface area contributed by atoms with Crippen molar-refractivity contribution in [2.75, 3.05) is 27.2 Å². The molecule has 0 aliphatic carbocycles. The number of piperidine rings is 1. The van der Waals surface area contributed by atoms with Crippen LogP contribution in [0.25, 0.3) is 0 Å². The fourth-order valence-corrected chi connectivity index (χ4v) is 2.68. The summed E-state index contributed by atoms with van der Waals surface area (Å²) in [7, 11) is 3.01. The fourth-order valence-electron chi connectivity index (χ4n) is 2.68. The Hall–Kier alpha value is -1.46. The first-order valence-electron chi connectivity index (χ1n) is 6.69. The van der Waals surface area contributed by atoms with Crippen LogP contribution >= 0.6 is 0 Å². The van der Waals surface area contributed by atoms with Gasteiger partial charge in [-0.1, -0.05) is 6.58 Å². The number of hydrogen-bond donors (Lipinski definition) is 0. The predicted octanol–water partition coefficient (Wildman–Crippen LogP) is 1.91. The summed E-state index contributed by atoms with van der Waals surface area (Å²) in [4.78, 5) is 25.8. The van der Waals surface area contributed by atoms with E-state index in [1.165, 1.54) is 30.8 Å². The summed E-state index contributed by atoms with van der Waals surface area (Å²) in [6, 6.07) is 0. The zero-order valence-corrected chi connectivity index (χ0v) is 12.3. The Balaban J connectivity index is 2.67. The second-order valence-electron chi connectivity index (χ2n) is 5.77. The zero-order chi connectivity index (χ0) is 15.5. The molecule has 20 heavy (non-hydrogen) atoms. The van der Waals surface area contributed by atoms with Gasteiger partial charge in [0.1, 0.15) is 0 Å². The van der Waals surface area contributed by atoms with Crippen LogP contribution in [0.2, 0.25) is 0 Å². The van der Waals surface area contributed by atoms with E-state index in [0.717, 1.165) is 6.42 Å². The highest BCUT2D eigenvalue weighted by molar-refractivity contribution is 5.90. The van der Waals surface area contributed by atoms with E-state index >= 15 is 0 Å². The van der Waals surface area contributed by atoms with Gasteiger partial charge >= 0.3 is 0 Å². The largest absolute Gasteiger partial charge is 0.346 e. The molecule has 0 saturated carbocycles. The van der Waals surface area contributed by atoms with Gasteiger partial charge in [0, 0.05) is 27.2 Å². The van der Waals surface area contributed by atoms with Gasteiger partial charge in [-0.05, 0) is 32.1 Å². The van der Waals surface area contributed by atoms with E-state index in [0.29, 0.717) is 13.0 Å². The highest BCUT2D eigenvalue weighted by atomic mass is 19.1. The van der Waals surface area contributed by atoms with E-state index in [1.54, 1.807) is 0 Å². The van der Waals surface area contributed by atoms with Crippen molar-refractivity contribution in [1.82, 2.24) is 9.80 Å². The maximum atomic E-state index is 14.4. The monoisotopic (exact) mass is 288 g/mol. The summed E-state index contributed by atoms with van der Waals surface area (Å²) >= 11 is 0. The Labute approximate surface area is 118 Å². The molecule has 1 aliphatic rings. The van der Waals surface area contributed by atoms with E-state index in [1.807, 2.05) is 0 Å². The van der Waals surface area contributed by atoms with Gasteiger partial charge in [-0.2, -0.15) is 0 Å². The standard InChI is InChI=1S/C14H22F2N2O2/c1-10(15)12(19)18-7-5-6-11(9-18)8-14(2,16)13(20)17(3)4/h11H,1,5-9H2,2-4H3. The van der Waals surface area contributed by atoms with Crippen molar-refractivity contribution in [3.63, 3.8) is 0 Å². The first kappa shape index (κ1) is 16.6. The number of nitrogens with zero attached hydrogens (tertiary/aromatic N) is 2. The van der Waals surface area contributed by atoms with Crippen LogP contribution in [0.1, 0.15) is 26.2 Å². The maximum Gasteiger partial charge on any atom is 0.281 e. The normalized spacial score (nSPS) is 22.1. The Bertz CT molecular complexity index is 408. The van der Waals surface area contributed by atoms with Crippen molar-refractivity contribution in [3.8, 4) is 0 Å². The van der Waals surface area contributed by atoms with Crippen molar-refractivity contribution in [1.29, 1.82) is 0 Å². The molecular weight excluding hydrogens is 266 g/mol. The second kappa shape index (κ2) is 6.33. The second-order valence-corrected chi connectivity index (χ2v) is 5.77. The molecule has 2 unspecified atom stereocenters. The first-order valence-corrected chi connectivity index (χ1v) is 6.69. The molecule has 0 radical (unpaired) electrons. The number of alkyl halides is 1. The van der Waals surface area contributed by atoms with Crippen LogP contribution in [0.5, 0.6) is 0 Å². The fraction of sp³-hybridized carbons (Fsp3) is 0.714. The summed E-state index contributed by atoms with van der Waals surface area (Å²) in [5.41, 5.74) is -1.97. The highest BCUT2D eigenvalue weighted by Crippen LogP contribution is 2.29. The molecule has 6 heteroatoms. The minimum absolute atomic E-state index is 0.0343. The van der Waals surface area contributed by atoms with Gasteiger partial charge in [0.05, 0.1) is 0 Å². The average Bonchev–Trinajstić information content (AvgIpc) is 2.36. The van der Waals surface area contributed by atoms with Crippen molar-refractivity contribution in [3.05, 3.63) is 12.4 Å². The van der Waals surface area contributed by atoms with Crippen molar-refractivity contribution in [2.24, 2.45) is 5.92 Å². The molecule has 1 fully saturated rings. The number of carbonyl (C=O) groups is 2. The van der Waals surface area contributed by atoms with Crippen LogP contribution in [0.15, 0.2) is 12.4 Å². The number of hydrogen-bond acceptors (Lipinski definition) is 2. The molecule has 114 valence electrons. The lowest BCUT2D eigenvalue weighted by Gasteiger charge is -2.35. The third-order valence-corrected chi connectivity index (χ3v) is 3.56. The molecular formula is C14H22F2N2O2. The Morgan fingerprint density at radius 2 is 2.05 bits per heavy atom. The molecule has 1 aliphatic heterocycles. The quantitative estimate of drug-likeness (QED) is 0.742. The van der Waals surface area contributed by atoms with Crippen LogP contribution in [-0.2, 0) is 9.59 Å². The van der Waals surface area contributed by atoms with Gasteiger partial charge in [-0.25, -0.2) is 8.78 Å². The van der Waals surface area contributed by atoms with Crippen LogP contribution in [-0.4, -0.2) is 54.5 Å². The molecule has 0 aromatic heterocycles. The smallest absolute Gasteiger partial charge is 0.281 e. The minimum Gasteiger partial charge on any atom is -0.346 e. The van der Waals surface area contributed by atoms with Crippen LogP contribution in [0.3, 0.4) is 0 Å². The van der Waals surface area contributed by atoms with E-state index in [9.17, 15) is 18.4 Å². The van der Waals surface area contributed by atoms with Gasteiger partial charge in [0.2, 0.25) is 0 Å². The van der Waals surface area contributed by atoms with E-state index in [2.05, 4.69) is 6.58 Å². The van der Waals surface area contributed by atoms with Crippen LogP contribution in [0, 0.1) is 5.92 Å². The topological polar surface area (TPSA) is 40.6 Å². The molecule has 2 amide bonds. The molecule has 1 saturated heterocycles. The van der Waals surface area contributed by atoms with Crippen LogP contribution < -0.4 is 0 Å². The lowest BCUT2D eigenvalue weighted by Crippen LogP contribution is -2.46. The van der Waals surface area contributed by atoms with Gasteiger partial charge in [-0.15, -0.1) is 0 Å². The lowest BCUT2D eigenvalue weighted by atomic mass is 9.86. The lowest BCUT2D eigenvalue weighted by molar-refractivity contribution is -0.142. The van der Waals surface area contributed by atoms with Crippen molar-refractivity contribution < 1.29 is 18.4 Å². The number of carbonyl (C=O) groups excluding carboxylic acids is 2. The average molecular weight is 288 g/mol. The molecule has 0 N–H and O–H groups in total. The van der Waals surface area contributed by atoms with E-state index in [-0.39, 0.29) is 18.9 Å². The third-order valence-electron chi connectivity index (χ3n) is 3.56. The molecule has 1 heterocycles. The number of likely N-dealkylation sites (tertiary alicyclic amines) is 1. The number of halogens is 2. The maximum absolute atomic E-state index is 14.4. The van der Waals surface area contributed by atoms with Gasteiger partial charge in [0.15, 0.2) is 11.5 Å². The summed E-state index contributed by atoms with van der Waals surface area (Å²) < 4.78 is 27.3. The number of rotatable bonds is 4. The molecule has 0 spiro atoms. The highest BCUT2D eigenvalue weighted by Gasteiger charge is 2.38. The summed E-state index contributed by atoms with van der Waals surface area (Å²) in [6.07, 6.45) is 1.44. The predicted molar refractivity (Wildman–Crippen MR) is 72.4 cm³/mol. The summed E-state index contributed by atoms with van der Waals surface area (Å²) in [5.74, 6) is -2.48. The molecule has 2 atom stereocenters.